The Morgan fingerprint density at radius 2 is 1.30 bits per heavy atom. The Hall–Kier alpha value is -3.65. The van der Waals surface area contributed by atoms with Crippen molar-refractivity contribution in [3.63, 3.8) is 0 Å². The lowest BCUT2D eigenvalue weighted by atomic mass is 9.91. The Kier molecular flexibility index (Phi) is 5.76. The fourth-order valence-electron chi connectivity index (χ4n) is 3.61. The van der Waals surface area contributed by atoms with Crippen molar-refractivity contribution in [2.45, 2.75) is 20.3 Å². The predicted octanol–water partition coefficient (Wildman–Crippen LogP) is 6.92. The first-order chi connectivity index (χ1) is 14.6. The number of carbonyl (C=O) groups is 1. The minimum atomic E-state index is -0.0255. The lowest BCUT2D eigenvalue weighted by Crippen LogP contribution is -2.08. The maximum absolute atomic E-state index is 13.5. The van der Waals surface area contributed by atoms with Crippen molar-refractivity contribution in [2.75, 3.05) is 0 Å². The van der Waals surface area contributed by atoms with Gasteiger partial charge in [0.15, 0.2) is 5.78 Å². The SMILES string of the molecule is Cc1cccc(Cc2ccccc2C(=O)c2ccccc2Oc2ccccc2)c1C. The van der Waals surface area contributed by atoms with Gasteiger partial charge in [-0.3, -0.25) is 4.79 Å². The standard InChI is InChI=1S/C28H24O2/c1-20-11-10-13-22(21(20)2)19-23-12-6-7-16-25(23)28(29)26-17-8-9-18-27(26)30-24-14-4-3-5-15-24/h3-18H,19H2,1-2H3. The van der Waals surface area contributed by atoms with Crippen LogP contribution in [0.3, 0.4) is 0 Å². The van der Waals surface area contributed by atoms with Crippen LogP contribution in [0.2, 0.25) is 0 Å². The second-order valence-corrected chi connectivity index (χ2v) is 7.43. The molecule has 0 saturated heterocycles. The van der Waals surface area contributed by atoms with Crippen LogP contribution in [0.4, 0.5) is 0 Å². The van der Waals surface area contributed by atoms with Crippen LogP contribution in [0.25, 0.3) is 0 Å². The molecule has 148 valence electrons. The Balaban J connectivity index is 1.69. The average molecular weight is 392 g/mol. The van der Waals surface area contributed by atoms with Gasteiger partial charge >= 0.3 is 0 Å². The summed E-state index contributed by atoms with van der Waals surface area (Å²) in [6.07, 6.45) is 0.719. The van der Waals surface area contributed by atoms with Gasteiger partial charge in [0.25, 0.3) is 0 Å². The van der Waals surface area contributed by atoms with E-state index < -0.39 is 0 Å². The number of carbonyl (C=O) groups excluding carboxylic acids is 1. The molecule has 30 heavy (non-hydrogen) atoms. The molecule has 0 aliphatic rings. The smallest absolute Gasteiger partial charge is 0.197 e. The Labute approximate surface area is 177 Å². The normalized spacial score (nSPS) is 10.6. The number of benzene rings is 4. The van der Waals surface area contributed by atoms with Crippen molar-refractivity contribution in [1.82, 2.24) is 0 Å². The molecule has 0 bridgehead atoms. The van der Waals surface area contributed by atoms with E-state index in [2.05, 4.69) is 32.0 Å². The number of rotatable bonds is 6. The van der Waals surface area contributed by atoms with Crippen molar-refractivity contribution in [2.24, 2.45) is 0 Å². The van der Waals surface area contributed by atoms with E-state index in [1.165, 1.54) is 16.7 Å². The largest absolute Gasteiger partial charge is 0.457 e. The molecule has 0 amide bonds. The summed E-state index contributed by atoms with van der Waals surface area (Å²) in [5.41, 5.74) is 6.07. The molecule has 0 aromatic heterocycles. The Bertz CT molecular complexity index is 1180. The van der Waals surface area contributed by atoms with Gasteiger partial charge in [0.1, 0.15) is 11.5 Å². The van der Waals surface area contributed by atoms with Crippen molar-refractivity contribution in [3.8, 4) is 11.5 Å². The van der Waals surface area contributed by atoms with E-state index in [0.29, 0.717) is 22.6 Å². The quantitative estimate of drug-likeness (QED) is 0.333. The average Bonchev–Trinajstić information content (AvgIpc) is 2.78. The van der Waals surface area contributed by atoms with E-state index in [-0.39, 0.29) is 5.78 Å². The van der Waals surface area contributed by atoms with Gasteiger partial charge < -0.3 is 4.74 Å². The molecule has 4 aromatic carbocycles. The van der Waals surface area contributed by atoms with E-state index in [1.54, 1.807) is 0 Å². The summed E-state index contributed by atoms with van der Waals surface area (Å²) < 4.78 is 6.02. The van der Waals surface area contributed by atoms with Crippen LogP contribution in [-0.2, 0) is 6.42 Å². The van der Waals surface area contributed by atoms with Gasteiger partial charge in [-0.25, -0.2) is 0 Å². The van der Waals surface area contributed by atoms with Crippen LogP contribution in [0.1, 0.15) is 38.2 Å². The van der Waals surface area contributed by atoms with Gasteiger partial charge in [-0.15, -0.1) is 0 Å². The summed E-state index contributed by atoms with van der Waals surface area (Å²) >= 11 is 0. The molecule has 2 nitrogen and oxygen atoms in total. The van der Waals surface area contributed by atoms with E-state index in [1.807, 2.05) is 78.9 Å². The van der Waals surface area contributed by atoms with Crippen molar-refractivity contribution in [1.29, 1.82) is 0 Å². The molecule has 0 radical (unpaired) electrons. The van der Waals surface area contributed by atoms with Crippen molar-refractivity contribution in [3.05, 3.63) is 130 Å². The Morgan fingerprint density at radius 1 is 0.667 bits per heavy atom. The zero-order valence-electron chi connectivity index (χ0n) is 17.3. The molecule has 4 rings (SSSR count). The van der Waals surface area contributed by atoms with Crippen LogP contribution >= 0.6 is 0 Å². The second-order valence-electron chi connectivity index (χ2n) is 7.43. The molecule has 0 aliphatic carbocycles. The van der Waals surface area contributed by atoms with Crippen LogP contribution in [0, 0.1) is 13.8 Å². The number of ketones is 1. The van der Waals surface area contributed by atoms with Gasteiger partial charge in [0.2, 0.25) is 0 Å². The van der Waals surface area contributed by atoms with Gasteiger partial charge in [-0.2, -0.15) is 0 Å². The lowest BCUT2D eigenvalue weighted by molar-refractivity contribution is 0.103. The minimum Gasteiger partial charge on any atom is -0.457 e. The first kappa shape index (κ1) is 19.7. The van der Waals surface area contributed by atoms with Gasteiger partial charge in [0.05, 0.1) is 5.56 Å². The number of ether oxygens (including phenoxy) is 1. The van der Waals surface area contributed by atoms with Gasteiger partial charge in [-0.1, -0.05) is 72.8 Å². The van der Waals surface area contributed by atoms with Crippen LogP contribution in [0.15, 0.2) is 97.1 Å². The lowest BCUT2D eigenvalue weighted by Gasteiger charge is -2.14. The summed E-state index contributed by atoms with van der Waals surface area (Å²) in [5, 5.41) is 0. The van der Waals surface area contributed by atoms with Crippen molar-refractivity contribution < 1.29 is 9.53 Å². The molecule has 0 saturated carbocycles. The molecule has 0 N–H and O–H groups in total. The first-order valence-corrected chi connectivity index (χ1v) is 10.1. The highest BCUT2D eigenvalue weighted by Crippen LogP contribution is 2.29. The minimum absolute atomic E-state index is 0.0255. The first-order valence-electron chi connectivity index (χ1n) is 10.1. The van der Waals surface area contributed by atoms with Crippen molar-refractivity contribution >= 4 is 5.78 Å². The Morgan fingerprint density at radius 3 is 2.10 bits per heavy atom. The van der Waals surface area contributed by atoms with Gasteiger partial charge in [-0.05, 0) is 66.8 Å². The molecule has 0 atom stereocenters. The highest BCUT2D eigenvalue weighted by atomic mass is 16.5. The van der Waals surface area contributed by atoms with Crippen LogP contribution in [0.5, 0.6) is 11.5 Å². The van der Waals surface area contributed by atoms with Gasteiger partial charge in [0, 0.05) is 5.56 Å². The summed E-state index contributed by atoms with van der Waals surface area (Å²) in [6, 6.07) is 31.1. The third-order valence-electron chi connectivity index (χ3n) is 5.46. The number of hydrogen-bond acceptors (Lipinski definition) is 2. The monoisotopic (exact) mass is 392 g/mol. The number of para-hydroxylation sites is 2. The summed E-state index contributed by atoms with van der Waals surface area (Å²) in [6.45, 7) is 4.26. The summed E-state index contributed by atoms with van der Waals surface area (Å²) in [5.74, 6) is 1.25. The molecule has 0 unspecified atom stereocenters. The third kappa shape index (κ3) is 4.18. The maximum atomic E-state index is 13.5. The molecular formula is C28H24O2. The molecule has 0 aliphatic heterocycles. The van der Waals surface area contributed by atoms with Crippen LogP contribution < -0.4 is 4.74 Å². The maximum Gasteiger partial charge on any atom is 0.197 e. The molecule has 0 fully saturated rings. The van der Waals surface area contributed by atoms with Crippen LogP contribution in [-0.4, -0.2) is 5.78 Å². The number of aryl methyl sites for hydroxylation is 1. The fraction of sp³-hybridized carbons (Fsp3) is 0.107. The molecular weight excluding hydrogens is 368 g/mol. The summed E-state index contributed by atoms with van der Waals surface area (Å²) in [4.78, 5) is 13.5. The van der Waals surface area contributed by atoms with E-state index in [4.69, 9.17) is 4.74 Å². The highest BCUT2D eigenvalue weighted by molar-refractivity contribution is 6.11. The summed E-state index contributed by atoms with van der Waals surface area (Å²) in [7, 11) is 0. The molecule has 4 aromatic rings. The zero-order valence-corrected chi connectivity index (χ0v) is 17.3. The predicted molar refractivity (Wildman–Crippen MR) is 122 cm³/mol. The second kappa shape index (κ2) is 8.79. The topological polar surface area (TPSA) is 26.3 Å². The third-order valence-corrected chi connectivity index (χ3v) is 5.46. The van der Waals surface area contributed by atoms with E-state index in [0.717, 1.165) is 12.0 Å². The van der Waals surface area contributed by atoms with E-state index >= 15 is 0 Å². The highest BCUT2D eigenvalue weighted by Gasteiger charge is 2.18. The molecule has 0 heterocycles. The molecule has 2 heteroatoms. The molecule has 0 spiro atoms. The van der Waals surface area contributed by atoms with E-state index in [9.17, 15) is 4.79 Å². The number of hydrogen-bond donors (Lipinski definition) is 0. The fourth-order valence-corrected chi connectivity index (χ4v) is 3.61. The zero-order chi connectivity index (χ0) is 20.9.